The normalized spacial score (nSPS) is 16.2. The number of aromatic nitrogens is 3. The molecule has 0 spiro atoms. The molecule has 34 heavy (non-hydrogen) atoms. The van der Waals surface area contributed by atoms with Gasteiger partial charge < -0.3 is 24.6 Å². The molecule has 1 amide bonds. The molecule has 1 aliphatic heterocycles. The van der Waals surface area contributed by atoms with Crippen LogP contribution in [0.3, 0.4) is 0 Å². The van der Waals surface area contributed by atoms with E-state index >= 15 is 0 Å². The van der Waals surface area contributed by atoms with Gasteiger partial charge in [-0.1, -0.05) is 31.2 Å². The number of nitrogens with zero attached hydrogens (tertiary/aromatic N) is 4. The first-order valence-corrected chi connectivity index (χ1v) is 10.9. The molecule has 0 saturated carbocycles. The van der Waals surface area contributed by atoms with Gasteiger partial charge in [0.15, 0.2) is 5.52 Å². The zero-order valence-corrected chi connectivity index (χ0v) is 20.3. The smallest absolute Gasteiger partial charge is 0.242 e. The molecule has 3 aromatic rings. The van der Waals surface area contributed by atoms with E-state index < -0.39 is 5.41 Å². The van der Waals surface area contributed by atoms with E-state index in [-0.39, 0.29) is 45.3 Å². The Morgan fingerprint density at radius 3 is 2.59 bits per heavy atom. The average Bonchev–Trinajstić information content (AvgIpc) is 2.87. The van der Waals surface area contributed by atoms with Crippen LogP contribution in [0.4, 0.5) is 0 Å². The Bertz CT molecular complexity index is 1120. The summed E-state index contributed by atoms with van der Waals surface area (Å²) in [4.78, 5) is 26.9. The van der Waals surface area contributed by atoms with Gasteiger partial charge in [-0.2, -0.15) is 13.5 Å². The van der Waals surface area contributed by atoms with Crippen LogP contribution in [0.2, 0.25) is 0 Å². The fourth-order valence-corrected chi connectivity index (χ4v) is 3.75. The summed E-state index contributed by atoms with van der Waals surface area (Å²) in [7, 11) is 0. The van der Waals surface area contributed by atoms with Crippen molar-refractivity contribution in [2.75, 3.05) is 39.5 Å². The SMILES string of the molecule is CC(=O)N1CCO[C@H](COc2nc(-c3ccc(C(C)(CO)CO)cc3)cc3nccnc23)C1.S. The Labute approximate surface area is 205 Å². The molecule has 9 nitrogen and oxygen atoms in total. The lowest BCUT2D eigenvalue weighted by atomic mass is 9.84. The minimum atomic E-state index is -0.719. The second-order valence-electron chi connectivity index (χ2n) is 8.46. The second-order valence-corrected chi connectivity index (χ2v) is 8.46. The van der Waals surface area contributed by atoms with Gasteiger partial charge in [0.05, 0.1) is 37.6 Å². The fourth-order valence-electron chi connectivity index (χ4n) is 3.75. The van der Waals surface area contributed by atoms with Crippen LogP contribution in [0.15, 0.2) is 42.7 Å². The molecule has 10 heteroatoms. The maximum absolute atomic E-state index is 11.7. The van der Waals surface area contributed by atoms with E-state index in [1.54, 1.807) is 31.1 Å². The highest BCUT2D eigenvalue weighted by Crippen LogP contribution is 2.29. The highest BCUT2D eigenvalue weighted by Gasteiger charge is 2.25. The van der Waals surface area contributed by atoms with Crippen molar-refractivity contribution in [2.24, 2.45) is 0 Å². The zero-order valence-electron chi connectivity index (χ0n) is 19.3. The first kappa shape index (κ1) is 25.8. The fraction of sp³-hybridized carbons (Fsp3) is 0.417. The lowest BCUT2D eigenvalue weighted by molar-refractivity contribution is -0.137. The summed E-state index contributed by atoms with van der Waals surface area (Å²) >= 11 is 0. The van der Waals surface area contributed by atoms with Gasteiger partial charge in [-0.05, 0) is 11.6 Å². The Morgan fingerprint density at radius 2 is 1.91 bits per heavy atom. The molecule has 1 aromatic carbocycles. The summed E-state index contributed by atoms with van der Waals surface area (Å²) < 4.78 is 11.8. The number of carbonyl (C=O) groups is 1. The maximum atomic E-state index is 11.7. The number of hydrogen-bond donors (Lipinski definition) is 2. The number of rotatable bonds is 7. The molecule has 1 atom stereocenters. The predicted octanol–water partition coefficient (Wildman–Crippen LogP) is 1.67. The minimum absolute atomic E-state index is 0. The number of ether oxygens (including phenoxy) is 2. The van der Waals surface area contributed by atoms with Crippen molar-refractivity contribution in [3.63, 3.8) is 0 Å². The number of benzene rings is 1. The van der Waals surface area contributed by atoms with Crippen LogP contribution in [0.1, 0.15) is 19.4 Å². The topological polar surface area (TPSA) is 118 Å². The third kappa shape index (κ3) is 5.47. The van der Waals surface area contributed by atoms with Gasteiger partial charge >= 0.3 is 0 Å². The van der Waals surface area contributed by atoms with Crippen LogP contribution in [0.25, 0.3) is 22.3 Å². The van der Waals surface area contributed by atoms with Crippen molar-refractivity contribution < 1.29 is 24.5 Å². The number of aliphatic hydroxyl groups excluding tert-OH is 2. The van der Waals surface area contributed by atoms with E-state index in [2.05, 4.69) is 15.0 Å². The van der Waals surface area contributed by atoms with Crippen LogP contribution in [-0.2, 0) is 14.9 Å². The van der Waals surface area contributed by atoms with Crippen molar-refractivity contribution in [3.05, 3.63) is 48.3 Å². The lowest BCUT2D eigenvalue weighted by Crippen LogP contribution is -2.46. The van der Waals surface area contributed by atoms with Crippen LogP contribution < -0.4 is 4.74 Å². The summed E-state index contributed by atoms with van der Waals surface area (Å²) in [5, 5.41) is 19.3. The molecule has 1 aliphatic rings. The molecule has 0 radical (unpaired) electrons. The van der Waals surface area contributed by atoms with E-state index in [1.807, 2.05) is 30.3 Å². The van der Waals surface area contributed by atoms with Gasteiger partial charge in [-0.3, -0.25) is 9.78 Å². The number of aliphatic hydroxyl groups is 2. The van der Waals surface area contributed by atoms with Crippen molar-refractivity contribution in [3.8, 4) is 17.1 Å². The number of amides is 1. The number of pyridine rings is 1. The quantitative estimate of drug-likeness (QED) is 0.518. The van der Waals surface area contributed by atoms with E-state index in [0.717, 1.165) is 11.1 Å². The van der Waals surface area contributed by atoms with Crippen molar-refractivity contribution >= 4 is 30.4 Å². The Balaban J connectivity index is 0.00000324. The molecule has 2 aromatic heterocycles. The molecule has 1 saturated heterocycles. The van der Waals surface area contributed by atoms with Crippen molar-refractivity contribution in [1.29, 1.82) is 0 Å². The van der Waals surface area contributed by atoms with Crippen LogP contribution >= 0.6 is 13.5 Å². The Hall–Kier alpha value is -2.79. The average molecular weight is 487 g/mol. The Morgan fingerprint density at radius 1 is 1.21 bits per heavy atom. The molecule has 3 heterocycles. The van der Waals surface area contributed by atoms with Crippen LogP contribution in [-0.4, -0.2) is 81.6 Å². The van der Waals surface area contributed by atoms with E-state index in [1.165, 1.54) is 0 Å². The summed E-state index contributed by atoms with van der Waals surface area (Å²) in [5.74, 6) is 0.362. The largest absolute Gasteiger partial charge is 0.473 e. The highest BCUT2D eigenvalue weighted by atomic mass is 32.1. The second kappa shape index (κ2) is 11.1. The van der Waals surface area contributed by atoms with E-state index in [9.17, 15) is 15.0 Å². The molecule has 182 valence electrons. The number of morpholine rings is 1. The van der Waals surface area contributed by atoms with E-state index in [0.29, 0.717) is 42.3 Å². The molecular formula is C24H30N4O5S. The van der Waals surface area contributed by atoms with Crippen LogP contribution in [0, 0.1) is 0 Å². The third-order valence-corrected chi connectivity index (χ3v) is 5.99. The number of fused-ring (bicyclic) bond motifs is 1. The lowest BCUT2D eigenvalue weighted by Gasteiger charge is -2.32. The van der Waals surface area contributed by atoms with Gasteiger partial charge in [0, 0.05) is 36.8 Å². The molecule has 0 aliphatic carbocycles. The first-order valence-electron chi connectivity index (χ1n) is 10.9. The minimum Gasteiger partial charge on any atom is -0.473 e. The van der Waals surface area contributed by atoms with Crippen molar-refractivity contribution in [1.82, 2.24) is 19.9 Å². The zero-order chi connectivity index (χ0) is 23.4. The van der Waals surface area contributed by atoms with Crippen molar-refractivity contribution in [2.45, 2.75) is 25.4 Å². The molecular weight excluding hydrogens is 456 g/mol. The predicted molar refractivity (Wildman–Crippen MR) is 132 cm³/mol. The first-order chi connectivity index (χ1) is 15.9. The van der Waals surface area contributed by atoms with E-state index in [4.69, 9.17) is 9.47 Å². The highest BCUT2D eigenvalue weighted by molar-refractivity contribution is 7.59. The number of hydrogen-bond acceptors (Lipinski definition) is 8. The monoisotopic (exact) mass is 486 g/mol. The van der Waals surface area contributed by atoms with Gasteiger partial charge in [0.1, 0.15) is 12.7 Å². The summed E-state index contributed by atoms with van der Waals surface area (Å²) in [6, 6.07) is 9.37. The third-order valence-electron chi connectivity index (χ3n) is 5.99. The maximum Gasteiger partial charge on any atom is 0.242 e. The van der Waals surface area contributed by atoms with Gasteiger partial charge in [-0.15, -0.1) is 0 Å². The number of carbonyl (C=O) groups excluding carboxylic acids is 1. The summed E-state index contributed by atoms with van der Waals surface area (Å²) in [6.45, 7) is 4.78. The molecule has 0 unspecified atom stereocenters. The van der Waals surface area contributed by atoms with Gasteiger partial charge in [0.2, 0.25) is 11.8 Å². The molecule has 4 rings (SSSR count). The van der Waals surface area contributed by atoms with Crippen LogP contribution in [0.5, 0.6) is 5.88 Å². The Kier molecular flexibility index (Phi) is 8.42. The van der Waals surface area contributed by atoms with Gasteiger partial charge in [0.25, 0.3) is 0 Å². The molecule has 0 bridgehead atoms. The summed E-state index contributed by atoms with van der Waals surface area (Å²) in [5.41, 5.74) is 2.80. The van der Waals surface area contributed by atoms with Gasteiger partial charge in [-0.25, -0.2) is 9.97 Å². The standard InChI is InChI=1S/C24H28N4O5.H2S/c1-16(31)28-9-10-32-19(12-28)13-33-23-22-21(25-7-8-26-22)11-20(27-23)17-3-5-18(6-4-17)24(2,14-29)15-30;/h3-8,11,19,29-30H,9-10,12-15H2,1-2H3;1H2/t19-;/m0./s1. The summed E-state index contributed by atoms with van der Waals surface area (Å²) in [6.07, 6.45) is 2.95. The molecule has 1 fully saturated rings. The molecule has 2 N–H and O–H groups in total.